The molecule has 5 heteroatoms. The van der Waals surface area contributed by atoms with Crippen LogP contribution >= 0.6 is 23.2 Å². The molecule has 2 N–H and O–H groups in total. The number of rotatable bonds is 8. The highest BCUT2D eigenvalue weighted by molar-refractivity contribution is 6.34. The Bertz CT molecular complexity index is 314. The van der Waals surface area contributed by atoms with Crippen LogP contribution in [-0.2, 0) is 11.3 Å². The summed E-state index contributed by atoms with van der Waals surface area (Å²) >= 11 is 11.8. The summed E-state index contributed by atoms with van der Waals surface area (Å²) in [7, 11) is 1.70. The first-order valence-corrected chi connectivity index (χ1v) is 6.33. The number of hydrogen-bond donors (Lipinski definition) is 2. The van der Waals surface area contributed by atoms with Crippen LogP contribution < -0.4 is 10.6 Å². The molecule has 0 amide bonds. The first-order chi connectivity index (χ1) is 8.22. The van der Waals surface area contributed by atoms with Crippen LogP contribution in [0.15, 0.2) is 18.2 Å². The van der Waals surface area contributed by atoms with Crippen molar-refractivity contribution in [3.63, 3.8) is 0 Å². The van der Waals surface area contributed by atoms with E-state index in [-0.39, 0.29) is 0 Å². The Morgan fingerprint density at radius 2 is 1.65 bits per heavy atom. The molecule has 0 aliphatic rings. The number of ether oxygens (including phenoxy) is 1. The first-order valence-electron chi connectivity index (χ1n) is 5.57. The van der Waals surface area contributed by atoms with E-state index in [0.29, 0.717) is 10.0 Å². The van der Waals surface area contributed by atoms with Crippen LogP contribution in [0, 0.1) is 0 Å². The van der Waals surface area contributed by atoms with Crippen molar-refractivity contribution >= 4 is 23.2 Å². The maximum atomic E-state index is 5.91. The Balaban J connectivity index is 2.13. The van der Waals surface area contributed by atoms with Gasteiger partial charge in [0, 0.05) is 43.3 Å². The lowest BCUT2D eigenvalue weighted by molar-refractivity contribution is 0.199. The summed E-state index contributed by atoms with van der Waals surface area (Å²) in [6, 6.07) is 5.57. The minimum Gasteiger partial charge on any atom is -0.383 e. The zero-order chi connectivity index (χ0) is 12.5. The van der Waals surface area contributed by atoms with Crippen molar-refractivity contribution in [1.82, 2.24) is 10.6 Å². The Labute approximate surface area is 112 Å². The van der Waals surface area contributed by atoms with Crippen molar-refractivity contribution in [1.29, 1.82) is 0 Å². The van der Waals surface area contributed by atoms with Gasteiger partial charge in [0.05, 0.1) is 6.61 Å². The Morgan fingerprint density at radius 1 is 1.00 bits per heavy atom. The van der Waals surface area contributed by atoms with Gasteiger partial charge >= 0.3 is 0 Å². The molecule has 3 nitrogen and oxygen atoms in total. The van der Waals surface area contributed by atoms with Gasteiger partial charge in [-0.2, -0.15) is 0 Å². The van der Waals surface area contributed by atoms with Gasteiger partial charge in [-0.3, -0.25) is 0 Å². The highest BCUT2D eigenvalue weighted by Gasteiger charge is 1.97. The van der Waals surface area contributed by atoms with Crippen LogP contribution in [0.2, 0.25) is 10.0 Å². The van der Waals surface area contributed by atoms with Crippen molar-refractivity contribution in [3.8, 4) is 0 Å². The van der Waals surface area contributed by atoms with Crippen LogP contribution in [0.3, 0.4) is 0 Å². The molecule has 0 spiro atoms. The minimum atomic E-state index is 0.674. The first kappa shape index (κ1) is 14.7. The molecule has 0 aromatic heterocycles. The highest BCUT2D eigenvalue weighted by atomic mass is 35.5. The smallest absolute Gasteiger partial charge is 0.0587 e. The molecule has 0 radical (unpaired) electrons. The predicted molar refractivity (Wildman–Crippen MR) is 72.9 cm³/mol. The van der Waals surface area contributed by atoms with E-state index in [1.54, 1.807) is 13.2 Å². The van der Waals surface area contributed by atoms with E-state index in [2.05, 4.69) is 10.6 Å². The van der Waals surface area contributed by atoms with E-state index in [9.17, 15) is 0 Å². The molecule has 1 aromatic rings. The van der Waals surface area contributed by atoms with Crippen molar-refractivity contribution < 1.29 is 4.74 Å². The Kier molecular flexibility index (Phi) is 7.56. The molecule has 0 bridgehead atoms. The second-order valence-electron chi connectivity index (χ2n) is 3.70. The fraction of sp³-hybridized carbons (Fsp3) is 0.500. The topological polar surface area (TPSA) is 33.3 Å². The molecule has 0 saturated heterocycles. The third-order valence-corrected chi connectivity index (χ3v) is 2.65. The van der Waals surface area contributed by atoms with Crippen LogP contribution in [0.1, 0.15) is 5.56 Å². The molecule has 96 valence electrons. The third-order valence-electron chi connectivity index (χ3n) is 2.21. The normalized spacial score (nSPS) is 10.8. The maximum Gasteiger partial charge on any atom is 0.0587 e. The summed E-state index contributed by atoms with van der Waals surface area (Å²) in [5, 5.41) is 7.92. The largest absolute Gasteiger partial charge is 0.383 e. The van der Waals surface area contributed by atoms with E-state index >= 15 is 0 Å². The molecule has 1 rings (SSSR count). The average Bonchev–Trinajstić information content (AvgIpc) is 2.26. The average molecular weight is 277 g/mol. The molecule has 1 aromatic carbocycles. The number of benzene rings is 1. The van der Waals surface area contributed by atoms with Gasteiger partial charge in [-0.25, -0.2) is 0 Å². The zero-order valence-corrected chi connectivity index (χ0v) is 11.4. The summed E-state index contributed by atoms with van der Waals surface area (Å²) in [6.45, 7) is 4.20. The van der Waals surface area contributed by atoms with Gasteiger partial charge in [-0.1, -0.05) is 23.2 Å². The summed E-state index contributed by atoms with van der Waals surface area (Å²) < 4.78 is 4.93. The molecular formula is C12H18Cl2N2O. The van der Waals surface area contributed by atoms with Crippen LogP contribution in [0.5, 0.6) is 0 Å². The van der Waals surface area contributed by atoms with E-state index < -0.39 is 0 Å². The number of nitrogens with one attached hydrogen (secondary N) is 2. The van der Waals surface area contributed by atoms with Crippen molar-refractivity contribution in [2.24, 2.45) is 0 Å². The molecule has 0 fully saturated rings. The van der Waals surface area contributed by atoms with Crippen molar-refractivity contribution in [3.05, 3.63) is 33.8 Å². The SMILES string of the molecule is COCCNCCNCc1cc(Cl)cc(Cl)c1. The fourth-order valence-corrected chi connectivity index (χ4v) is 1.99. The van der Waals surface area contributed by atoms with Gasteiger partial charge in [0.1, 0.15) is 0 Å². The van der Waals surface area contributed by atoms with Gasteiger partial charge < -0.3 is 15.4 Å². The minimum absolute atomic E-state index is 0.674. The van der Waals surface area contributed by atoms with Gasteiger partial charge in [0.2, 0.25) is 0 Å². The van der Waals surface area contributed by atoms with Gasteiger partial charge in [-0.05, 0) is 23.8 Å². The summed E-state index contributed by atoms with van der Waals surface area (Å²) in [5.74, 6) is 0. The highest BCUT2D eigenvalue weighted by Crippen LogP contribution is 2.18. The molecular weight excluding hydrogens is 259 g/mol. The molecule has 17 heavy (non-hydrogen) atoms. The summed E-state index contributed by atoms with van der Waals surface area (Å²) in [6.07, 6.45) is 0. The van der Waals surface area contributed by atoms with Crippen molar-refractivity contribution in [2.75, 3.05) is 33.4 Å². The zero-order valence-electron chi connectivity index (χ0n) is 9.93. The lowest BCUT2D eigenvalue weighted by Gasteiger charge is -2.07. The quantitative estimate of drug-likeness (QED) is 0.715. The number of methoxy groups -OCH3 is 1. The molecule has 0 atom stereocenters. The monoisotopic (exact) mass is 276 g/mol. The number of hydrogen-bond acceptors (Lipinski definition) is 3. The van der Waals surface area contributed by atoms with E-state index in [1.807, 2.05) is 12.1 Å². The standard InChI is InChI=1S/C12H18Cl2N2O/c1-17-5-4-15-2-3-16-9-10-6-11(13)8-12(14)7-10/h6-8,15-16H,2-5,9H2,1H3. The molecule has 0 saturated carbocycles. The lowest BCUT2D eigenvalue weighted by Crippen LogP contribution is -2.29. The molecule has 0 aliphatic heterocycles. The second kappa shape index (κ2) is 8.72. The second-order valence-corrected chi connectivity index (χ2v) is 4.57. The van der Waals surface area contributed by atoms with Crippen LogP contribution in [0.4, 0.5) is 0 Å². The lowest BCUT2D eigenvalue weighted by atomic mass is 10.2. The van der Waals surface area contributed by atoms with Gasteiger partial charge in [-0.15, -0.1) is 0 Å². The Morgan fingerprint density at radius 3 is 2.29 bits per heavy atom. The van der Waals surface area contributed by atoms with E-state index in [4.69, 9.17) is 27.9 Å². The fourth-order valence-electron chi connectivity index (χ4n) is 1.42. The maximum absolute atomic E-state index is 5.91. The number of halogens is 2. The van der Waals surface area contributed by atoms with Crippen LogP contribution in [-0.4, -0.2) is 33.4 Å². The summed E-state index contributed by atoms with van der Waals surface area (Å²) in [4.78, 5) is 0. The summed E-state index contributed by atoms with van der Waals surface area (Å²) in [5.41, 5.74) is 1.10. The molecule has 0 unspecified atom stereocenters. The third kappa shape index (κ3) is 6.86. The molecule has 0 aliphatic carbocycles. The van der Waals surface area contributed by atoms with E-state index in [0.717, 1.165) is 38.3 Å². The van der Waals surface area contributed by atoms with Crippen LogP contribution in [0.25, 0.3) is 0 Å². The van der Waals surface area contributed by atoms with E-state index in [1.165, 1.54) is 0 Å². The van der Waals surface area contributed by atoms with Gasteiger partial charge in [0.15, 0.2) is 0 Å². The van der Waals surface area contributed by atoms with Gasteiger partial charge in [0.25, 0.3) is 0 Å². The predicted octanol–water partition coefficient (Wildman–Crippen LogP) is 2.32. The van der Waals surface area contributed by atoms with Crippen molar-refractivity contribution in [2.45, 2.75) is 6.54 Å². The molecule has 0 heterocycles. The Hall–Kier alpha value is -0.320.